The van der Waals surface area contributed by atoms with Gasteiger partial charge in [-0.25, -0.2) is 4.90 Å². The third kappa shape index (κ3) is 3.67. The summed E-state index contributed by atoms with van der Waals surface area (Å²) in [7, 11) is 0. The maximum atomic E-state index is 13.9. The maximum Gasteiger partial charge on any atom is 0.238 e. The third-order valence-corrected chi connectivity index (χ3v) is 9.36. The van der Waals surface area contributed by atoms with Crippen LogP contribution in [0.2, 0.25) is 10.0 Å². The summed E-state index contributed by atoms with van der Waals surface area (Å²) in [5.41, 5.74) is 3.22. The van der Waals surface area contributed by atoms with Crippen LogP contribution in [0.3, 0.4) is 0 Å². The Morgan fingerprint density at radius 2 is 1.74 bits per heavy atom. The van der Waals surface area contributed by atoms with E-state index in [-0.39, 0.29) is 45.1 Å². The molecule has 2 amide bonds. The van der Waals surface area contributed by atoms with Crippen molar-refractivity contribution in [3.8, 4) is 5.75 Å². The Morgan fingerprint density at radius 3 is 2.45 bits per heavy atom. The number of halogens is 3. The molecular weight excluding hydrogens is 593 g/mol. The molecule has 0 saturated carbocycles. The second-order valence-electron chi connectivity index (χ2n) is 10.0. The first-order chi connectivity index (χ1) is 18.1. The highest BCUT2D eigenvalue weighted by molar-refractivity contribution is 9.12. The van der Waals surface area contributed by atoms with Gasteiger partial charge in [-0.3, -0.25) is 19.2 Å². The molecule has 4 atom stereocenters. The molecular formula is C29H20BrCl2NO5. The summed E-state index contributed by atoms with van der Waals surface area (Å²) in [6.45, 7) is 1.84. The van der Waals surface area contributed by atoms with Crippen molar-refractivity contribution in [2.75, 3.05) is 4.90 Å². The van der Waals surface area contributed by atoms with Crippen molar-refractivity contribution < 1.29 is 24.3 Å². The number of anilines is 1. The second-order valence-corrected chi connectivity index (χ2v) is 11.7. The Labute approximate surface area is 236 Å². The van der Waals surface area contributed by atoms with Crippen molar-refractivity contribution in [2.45, 2.75) is 25.7 Å². The van der Waals surface area contributed by atoms with Gasteiger partial charge in [-0.1, -0.05) is 47.0 Å². The van der Waals surface area contributed by atoms with E-state index in [4.69, 9.17) is 23.2 Å². The van der Waals surface area contributed by atoms with Gasteiger partial charge in [-0.15, -0.1) is 0 Å². The van der Waals surface area contributed by atoms with Crippen molar-refractivity contribution in [2.24, 2.45) is 17.8 Å². The van der Waals surface area contributed by atoms with E-state index >= 15 is 0 Å². The average molecular weight is 613 g/mol. The minimum absolute atomic E-state index is 0.0318. The zero-order valence-electron chi connectivity index (χ0n) is 20.0. The molecule has 1 fully saturated rings. The molecule has 0 bridgehead atoms. The van der Waals surface area contributed by atoms with Crippen LogP contribution in [-0.2, 0) is 19.2 Å². The molecule has 1 N–H and O–H groups in total. The van der Waals surface area contributed by atoms with Gasteiger partial charge in [0.15, 0.2) is 11.6 Å². The molecule has 0 radical (unpaired) electrons. The highest BCUT2D eigenvalue weighted by atomic mass is 79.9. The topological polar surface area (TPSA) is 91.8 Å². The summed E-state index contributed by atoms with van der Waals surface area (Å²) >= 11 is 16.1. The lowest BCUT2D eigenvalue weighted by molar-refractivity contribution is -0.123. The van der Waals surface area contributed by atoms with Gasteiger partial charge in [-0.2, -0.15) is 0 Å². The van der Waals surface area contributed by atoms with E-state index in [2.05, 4.69) is 15.9 Å². The van der Waals surface area contributed by atoms with Crippen molar-refractivity contribution in [1.82, 2.24) is 0 Å². The predicted octanol–water partition coefficient (Wildman–Crippen LogP) is 5.97. The molecule has 1 heterocycles. The monoisotopic (exact) mass is 611 g/mol. The number of hydrogen-bond donors (Lipinski definition) is 1. The van der Waals surface area contributed by atoms with Crippen LogP contribution < -0.4 is 4.90 Å². The number of nitrogens with zero attached hydrogens (tertiary/aromatic N) is 1. The number of Topliss-reactive ketones (excluding diaryl/α,β-unsaturated/α-hetero) is 1. The number of fused-ring (bicyclic) bond motifs is 3. The van der Waals surface area contributed by atoms with Crippen LogP contribution in [0.1, 0.15) is 29.9 Å². The van der Waals surface area contributed by atoms with Crippen LogP contribution in [-0.4, -0.2) is 28.5 Å². The Kier molecular flexibility index (Phi) is 6.02. The summed E-state index contributed by atoms with van der Waals surface area (Å²) in [5.74, 6) is -3.79. The molecule has 38 heavy (non-hydrogen) atoms. The number of amides is 2. The number of aryl methyl sites for hydroxylation is 1. The quantitative estimate of drug-likeness (QED) is 0.256. The Bertz CT molecular complexity index is 1590. The molecule has 6 rings (SSSR count). The van der Waals surface area contributed by atoms with E-state index in [1.165, 1.54) is 23.1 Å². The fraction of sp³-hybridized carbons (Fsp3) is 0.241. The molecule has 4 aliphatic rings. The minimum atomic E-state index is -0.706. The van der Waals surface area contributed by atoms with Gasteiger partial charge in [0.1, 0.15) is 5.75 Å². The molecule has 0 spiro atoms. The van der Waals surface area contributed by atoms with Crippen LogP contribution in [0.25, 0.3) is 0 Å². The largest absolute Gasteiger partial charge is 0.508 e. The molecule has 3 aliphatic carbocycles. The number of allylic oxidation sites excluding steroid dienone is 6. The molecule has 192 valence electrons. The zero-order valence-corrected chi connectivity index (χ0v) is 23.1. The van der Waals surface area contributed by atoms with Gasteiger partial charge in [0.05, 0.1) is 22.0 Å². The lowest BCUT2D eigenvalue weighted by Crippen LogP contribution is -2.39. The first-order valence-corrected chi connectivity index (χ1v) is 13.6. The number of carbonyl (C=O) groups is 4. The molecule has 6 nitrogen and oxygen atoms in total. The summed E-state index contributed by atoms with van der Waals surface area (Å²) in [6, 6.07) is 9.58. The number of phenolic OH excluding ortho intramolecular Hbond substituents is 1. The normalized spacial score (nSPS) is 26.7. The SMILES string of the molecule is Cc1ccc(N2C(=O)[C@H]3[C@H](CC=C4[C@H](c5ccc(O)cc5Cl)C5=C(C[C@H]43)C(=O)C(Br)=CC5=O)C2=O)cc1Cl. The number of phenols is 1. The van der Waals surface area contributed by atoms with E-state index in [1.54, 1.807) is 24.3 Å². The van der Waals surface area contributed by atoms with E-state index < -0.39 is 23.7 Å². The highest BCUT2D eigenvalue weighted by Crippen LogP contribution is 2.56. The van der Waals surface area contributed by atoms with Crippen LogP contribution in [0.15, 0.2) is 69.8 Å². The Morgan fingerprint density at radius 1 is 0.974 bits per heavy atom. The van der Waals surface area contributed by atoms with E-state index in [1.807, 2.05) is 13.0 Å². The summed E-state index contributed by atoms with van der Waals surface area (Å²) in [4.78, 5) is 55.2. The zero-order chi connectivity index (χ0) is 27.0. The van der Waals surface area contributed by atoms with Gasteiger partial charge in [0.25, 0.3) is 0 Å². The summed E-state index contributed by atoms with van der Waals surface area (Å²) < 4.78 is 0.154. The number of aromatic hydroxyl groups is 1. The lowest BCUT2D eigenvalue weighted by atomic mass is 9.59. The van der Waals surface area contributed by atoms with Gasteiger partial charge >= 0.3 is 0 Å². The van der Waals surface area contributed by atoms with Crippen molar-refractivity contribution in [1.29, 1.82) is 0 Å². The number of benzene rings is 2. The van der Waals surface area contributed by atoms with Gasteiger partial charge in [-0.05, 0) is 77.0 Å². The number of carbonyl (C=O) groups excluding carboxylic acids is 4. The number of ketones is 2. The van der Waals surface area contributed by atoms with E-state index in [0.717, 1.165) is 11.1 Å². The molecule has 0 aromatic heterocycles. The molecule has 0 unspecified atom stereocenters. The van der Waals surface area contributed by atoms with Gasteiger partial charge in [0, 0.05) is 33.2 Å². The lowest BCUT2D eigenvalue weighted by Gasteiger charge is -2.42. The van der Waals surface area contributed by atoms with Crippen LogP contribution in [0, 0.1) is 24.7 Å². The number of imide groups is 1. The minimum Gasteiger partial charge on any atom is -0.508 e. The molecule has 2 aromatic rings. The summed E-state index contributed by atoms with van der Waals surface area (Å²) in [6.07, 6.45) is 3.66. The number of rotatable bonds is 2. The van der Waals surface area contributed by atoms with Crippen LogP contribution >= 0.6 is 39.1 Å². The second kappa shape index (κ2) is 9.04. The van der Waals surface area contributed by atoms with Crippen molar-refractivity contribution in [3.63, 3.8) is 0 Å². The van der Waals surface area contributed by atoms with Crippen molar-refractivity contribution in [3.05, 3.63) is 90.9 Å². The Balaban J connectivity index is 1.49. The smallest absolute Gasteiger partial charge is 0.238 e. The first kappa shape index (κ1) is 25.3. The van der Waals surface area contributed by atoms with Crippen LogP contribution in [0.5, 0.6) is 5.75 Å². The molecule has 2 aromatic carbocycles. The molecule has 9 heteroatoms. The Hall–Kier alpha value is -3.00. The highest BCUT2D eigenvalue weighted by Gasteiger charge is 2.56. The molecule has 1 aliphatic heterocycles. The maximum absolute atomic E-state index is 13.9. The predicted molar refractivity (Wildman–Crippen MR) is 146 cm³/mol. The van der Waals surface area contributed by atoms with E-state index in [0.29, 0.717) is 33.8 Å². The van der Waals surface area contributed by atoms with E-state index in [9.17, 15) is 24.3 Å². The average Bonchev–Trinajstić information content (AvgIpc) is 3.13. The summed E-state index contributed by atoms with van der Waals surface area (Å²) in [5, 5.41) is 10.6. The fourth-order valence-electron chi connectivity index (χ4n) is 6.29. The third-order valence-electron chi connectivity index (χ3n) is 8.04. The van der Waals surface area contributed by atoms with Gasteiger partial charge in [0.2, 0.25) is 11.8 Å². The van der Waals surface area contributed by atoms with Crippen molar-refractivity contribution >= 4 is 68.2 Å². The molecule has 1 saturated heterocycles. The standard InChI is InChI=1S/C29H20BrCl2NO5/c1-12-2-3-13(8-21(12)31)33-28(37)17-7-6-15-18(25(17)29(33)38)10-19-26(23(35)11-20(30)27(19)36)24(15)16-5-4-14(34)9-22(16)32/h2-6,8-9,11,17-18,24-25,34H,7,10H2,1H3/t17-,18+,24+,25-/m0/s1. The van der Waals surface area contributed by atoms with Crippen LogP contribution in [0.4, 0.5) is 5.69 Å². The van der Waals surface area contributed by atoms with Gasteiger partial charge < -0.3 is 5.11 Å². The first-order valence-electron chi connectivity index (χ1n) is 12.1. The fourth-order valence-corrected chi connectivity index (χ4v) is 7.19. The number of hydrogen-bond acceptors (Lipinski definition) is 5.